The Morgan fingerprint density at radius 2 is 2.00 bits per heavy atom. The molecule has 3 N–H and O–H groups in total. The Morgan fingerprint density at radius 3 is 2.50 bits per heavy atom. The average molecular weight is 278 g/mol. The third-order valence-corrected chi connectivity index (χ3v) is 3.55. The van der Waals surface area contributed by atoms with E-state index in [1.807, 2.05) is 0 Å². The molecule has 100 valence electrons. The lowest BCUT2D eigenvalue weighted by molar-refractivity contribution is 0.0996. The Hall–Kier alpha value is -1.70. The van der Waals surface area contributed by atoms with Crippen molar-refractivity contribution < 1.29 is 22.0 Å². The maximum atomic E-state index is 13.7. The second kappa shape index (κ2) is 5.30. The summed E-state index contributed by atoms with van der Waals surface area (Å²) in [5, 5.41) is 0. The van der Waals surface area contributed by atoms with Crippen LogP contribution in [0.1, 0.15) is 23.7 Å². The molecule has 0 radical (unpaired) electrons. The van der Waals surface area contributed by atoms with E-state index in [0.29, 0.717) is 0 Å². The van der Waals surface area contributed by atoms with Crippen LogP contribution in [0.15, 0.2) is 12.1 Å². The van der Waals surface area contributed by atoms with Crippen LogP contribution >= 0.6 is 0 Å². The van der Waals surface area contributed by atoms with Crippen LogP contribution in [0.2, 0.25) is 0 Å². The highest BCUT2D eigenvalue weighted by molar-refractivity contribution is 7.92. The van der Waals surface area contributed by atoms with Gasteiger partial charge >= 0.3 is 0 Å². The van der Waals surface area contributed by atoms with E-state index in [2.05, 4.69) is 0 Å². The summed E-state index contributed by atoms with van der Waals surface area (Å²) < 4.78 is 51.6. The zero-order valence-corrected chi connectivity index (χ0v) is 10.4. The quantitative estimate of drug-likeness (QED) is 0.848. The minimum atomic E-state index is -3.85. The summed E-state index contributed by atoms with van der Waals surface area (Å²) in [5.41, 5.74) is 3.41. The molecular weight excluding hydrogens is 266 g/mol. The van der Waals surface area contributed by atoms with Gasteiger partial charge in [0.1, 0.15) is 11.5 Å². The first kappa shape index (κ1) is 14.4. The summed E-state index contributed by atoms with van der Waals surface area (Å²) >= 11 is 0. The Kier molecular flexibility index (Phi) is 4.23. The summed E-state index contributed by atoms with van der Waals surface area (Å²) in [6.45, 7) is 1.60. The van der Waals surface area contributed by atoms with Crippen molar-refractivity contribution in [2.45, 2.75) is 13.3 Å². The van der Waals surface area contributed by atoms with Crippen LogP contribution < -0.4 is 10.5 Å². The molecule has 18 heavy (non-hydrogen) atoms. The lowest BCUT2D eigenvalue weighted by atomic mass is 10.1. The van der Waals surface area contributed by atoms with Crippen molar-refractivity contribution in [3.8, 4) is 0 Å². The van der Waals surface area contributed by atoms with Crippen molar-refractivity contribution in [3.63, 3.8) is 0 Å². The van der Waals surface area contributed by atoms with Gasteiger partial charge in [0.15, 0.2) is 5.82 Å². The molecule has 0 heterocycles. The predicted octanol–water partition coefficient (Wildman–Crippen LogP) is 1.22. The maximum Gasteiger partial charge on any atom is 0.251 e. The van der Waals surface area contributed by atoms with Gasteiger partial charge in [-0.1, -0.05) is 6.92 Å². The van der Waals surface area contributed by atoms with E-state index in [9.17, 15) is 22.0 Å². The molecule has 0 aliphatic rings. The third kappa shape index (κ3) is 3.16. The van der Waals surface area contributed by atoms with Gasteiger partial charge in [0.25, 0.3) is 5.91 Å². The summed E-state index contributed by atoms with van der Waals surface area (Å²) in [7, 11) is -3.85. The first-order chi connectivity index (χ1) is 8.28. The van der Waals surface area contributed by atoms with Gasteiger partial charge in [0.05, 0.1) is 11.3 Å². The lowest BCUT2D eigenvalue weighted by Gasteiger charge is -2.10. The van der Waals surface area contributed by atoms with E-state index in [1.54, 1.807) is 11.6 Å². The van der Waals surface area contributed by atoms with E-state index >= 15 is 0 Å². The Labute approximate surface area is 103 Å². The second-order valence-electron chi connectivity index (χ2n) is 3.57. The highest BCUT2D eigenvalue weighted by Crippen LogP contribution is 2.23. The minimum Gasteiger partial charge on any atom is -0.366 e. The van der Waals surface area contributed by atoms with Gasteiger partial charge < -0.3 is 5.73 Å². The molecule has 8 heteroatoms. The molecule has 0 bridgehead atoms. The van der Waals surface area contributed by atoms with Crippen LogP contribution in [-0.4, -0.2) is 20.1 Å². The average Bonchev–Trinajstić information content (AvgIpc) is 2.23. The number of nitrogens with one attached hydrogen (secondary N) is 1. The number of benzene rings is 1. The topological polar surface area (TPSA) is 89.3 Å². The van der Waals surface area contributed by atoms with E-state index in [0.717, 1.165) is 12.1 Å². The molecule has 0 saturated heterocycles. The summed E-state index contributed by atoms with van der Waals surface area (Å²) in [4.78, 5) is 10.9. The number of carbonyl (C=O) groups excluding carboxylic acids is 1. The first-order valence-electron chi connectivity index (χ1n) is 5.06. The van der Waals surface area contributed by atoms with Crippen LogP contribution in [0, 0.1) is 11.6 Å². The zero-order chi connectivity index (χ0) is 13.9. The smallest absolute Gasteiger partial charge is 0.251 e. The molecule has 0 atom stereocenters. The van der Waals surface area contributed by atoms with Gasteiger partial charge in [-0.3, -0.25) is 9.52 Å². The number of amides is 1. The summed E-state index contributed by atoms with van der Waals surface area (Å²) in [6.07, 6.45) is 0.286. The fraction of sp³-hybridized carbons (Fsp3) is 0.300. The monoisotopic (exact) mass is 278 g/mol. The molecular formula is C10H12F2N2O3S. The van der Waals surface area contributed by atoms with Gasteiger partial charge in [-0.05, 0) is 18.6 Å². The molecule has 1 aromatic carbocycles. The molecule has 0 spiro atoms. The summed E-state index contributed by atoms with van der Waals surface area (Å²) in [6, 6.07) is 1.62. The highest BCUT2D eigenvalue weighted by Gasteiger charge is 2.20. The maximum absolute atomic E-state index is 13.7. The molecule has 0 aliphatic carbocycles. The van der Waals surface area contributed by atoms with Gasteiger partial charge in [0.2, 0.25) is 10.0 Å². The van der Waals surface area contributed by atoms with Gasteiger partial charge in [0, 0.05) is 0 Å². The standard InChI is InChI=1S/C10H12F2N2O3S/c1-2-5-18(16,17)14-9-7(11)4-3-6(8(9)12)10(13)15/h3-4,14H,2,5H2,1H3,(H2,13,15). The number of halogens is 2. The first-order valence-corrected chi connectivity index (χ1v) is 6.72. The van der Waals surface area contributed by atoms with Gasteiger partial charge in [-0.15, -0.1) is 0 Å². The Morgan fingerprint density at radius 1 is 1.39 bits per heavy atom. The van der Waals surface area contributed by atoms with Crippen molar-refractivity contribution in [1.82, 2.24) is 0 Å². The van der Waals surface area contributed by atoms with Crippen molar-refractivity contribution in [2.75, 3.05) is 10.5 Å². The van der Waals surface area contributed by atoms with Crippen LogP contribution in [0.3, 0.4) is 0 Å². The van der Waals surface area contributed by atoms with Crippen LogP contribution in [-0.2, 0) is 10.0 Å². The number of nitrogens with two attached hydrogens (primary N) is 1. The Balaban J connectivity index is 3.24. The predicted molar refractivity (Wildman–Crippen MR) is 62.6 cm³/mol. The Bertz CT molecular complexity index is 573. The molecule has 1 aromatic rings. The molecule has 5 nitrogen and oxygen atoms in total. The number of anilines is 1. The molecule has 1 rings (SSSR count). The number of sulfonamides is 1. The normalized spacial score (nSPS) is 11.3. The molecule has 0 aliphatic heterocycles. The fourth-order valence-electron chi connectivity index (χ4n) is 1.31. The lowest BCUT2D eigenvalue weighted by Crippen LogP contribution is -2.20. The third-order valence-electron chi connectivity index (χ3n) is 2.09. The number of rotatable bonds is 5. The van der Waals surface area contributed by atoms with Crippen molar-refractivity contribution in [2.24, 2.45) is 5.73 Å². The fourth-order valence-corrected chi connectivity index (χ4v) is 2.45. The molecule has 1 amide bonds. The van der Waals surface area contributed by atoms with Gasteiger partial charge in [-0.25, -0.2) is 17.2 Å². The molecule has 0 unspecified atom stereocenters. The van der Waals surface area contributed by atoms with Crippen molar-refractivity contribution in [3.05, 3.63) is 29.3 Å². The van der Waals surface area contributed by atoms with Crippen LogP contribution in [0.25, 0.3) is 0 Å². The highest BCUT2D eigenvalue weighted by atomic mass is 32.2. The SMILES string of the molecule is CCCS(=O)(=O)Nc1c(F)ccc(C(N)=O)c1F. The number of carbonyl (C=O) groups is 1. The second-order valence-corrected chi connectivity index (χ2v) is 5.41. The molecule has 0 saturated carbocycles. The molecule has 0 aromatic heterocycles. The molecule has 0 fully saturated rings. The van der Waals surface area contributed by atoms with E-state index < -0.39 is 38.8 Å². The van der Waals surface area contributed by atoms with Crippen LogP contribution in [0.5, 0.6) is 0 Å². The number of primary amides is 1. The summed E-state index contributed by atoms with van der Waals surface area (Å²) in [5.74, 6) is -3.82. The largest absolute Gasteiger partial charge is 0.366 e. The van der Waals surface area contributed by atoms with E-state index in [1.165, 1.54) is 0 Å². The van der Waals surface area contributed by atoms with Crippen molar-refractivity contribution in [1.29, 1.82) is 0 Å². The number of hydrogen-bond acceptors (Lipinski definition) is 3. The zero-order valence-electron chi connectivity index (χ0n) is 9.54. The minimum absolute atomic E-state index is 0.285. The van der Waals surface area contributed by atoms with Crippen LogP contribution in [0.4, 0.5) is 14.5 Å². The number of hydrogen-bond donors (Lipinski definition) is 2. The van der Waals surface area contributed by atoms with E-state index in [4.69, 9.17) is 5.73 Å². The van der Waals surface area contributed by atoms with Crippen molar-refractivity contribution >= 4 is 21.6 Å². The van der Waals surface area contributed by atoms with Gasteiger partial charge in [-0.2, -0.15) is 0 Å². The van der Waals surface area contributed by atoms with E-state index in [-0.39, 0.29) is 12.2 Å².